The minimum atomic E-state index is -0.857. The normalized spacial score (nSPS) is 15.3. The van der Waals surface area contributed by atoms with E-state index in [9.17, 15) is 0 Å². The van der Waals surface area contributed by atoms with Crippen LogP contribution in [0.4, 0.5) is 0 Å². The Morgan fingerprint density at radius 1 is 1.38 bits per heavy atom. The topological polar surface area (TPSA) is 49.8 Å². The Hall–Kier alpha value is -0.950. The first-order valence-corrected chi connectivity index (χ1v) is 7.20. The molecule has 0 amide bonds. The van der Waals surface area contributed by atoms with Gasteiger partial charge in [0.2, 0.25) is 0 Å². The summed E-state index contributed by atoms with van der Waals surface area (Å²) in [6, 6.07) is 0. The molecule has 0 aromatic carbocycles. The lowest BCUT2D eigenvalue weighted by Crippen LogP contribution is -2.42. The van der Waals surface area contributed by atoms with Gasteiger partial charge in [0, 0.05) is 37.6 Å². The standard InChI is InChI=1S/C15H22BrNO4/c1-7-15(21-6,9-18-3)14(20-5)12-13(19-4)10(2)11(16)8-17-12/h7-8,14H,1,9H2,2-6H3. The van der Waals surface area contributed by atoms with Gasteiger partial charge >= 0.3 is 0 Å². The zero-order valence-electron chi connectivity index (χ0n) is 13.1. The van der Waals surface area contributed by atoms with Crippen molar-refractivity contribution in [3.05, 3.63) is 34.6 Å². The van der Waals surface area contributed by atoms with Gasteiger partial charge in [-0.05, 0) is 22.9 Å². The summed E-state index contributed by atoms with van der Waals surface area (Å²) in [7, 11) is 6.38. The fourth-order valence-electron chi connectivity index (χ4n) is 2.29. The lowest BCUT2D eigenvalue weighted by Gasteiger charge is -2.35. The second-order valence-corrected chi connectivity index (χ2v) is 5.42. The molecule has 0 aliphatic heterocycles. The highest BCUT2D eigenvalue weighted by Gasteiger charge is 2.41. The fraction of sp³-hybridized carbons (Fsp3) is 0.533. The Balaban J connectivity index is 3.45. The molecule has 0 saturated heterocycles. The lowest BCUT2D eigenvalue weighted by atomic mass is 9.93. The van der Waals surface area contributed by atoms with Gasteiger partial charge in [-0.15, -0.1) is 6.58 Å². The van der Waals surface area contributed by atoms with Crippen molar-refractivity contribution >= 4 is 15.9 Å². The maximum absolute atomic E-state index is 5.64. The highest BCUT2D eigenvalue weighted by atomic mass is 79.9. The molecule has 0 saturated carbocycles. The molecule has 0 aliphatic rings. The molecule has 6 heteroatoms. The minimum Gasteiger partial charge on any atom is -0.494 e. The predicted octanol–water partition coefficient (Wildman–Crippen LogP) is 3.07. The molecule has 5 nitrogen and oxygen atoms in total. The van der Waals surface area contributed by atoms with Crippen LogP contribution in [0, 0.1) is 6.92 Å². The summed E-state index contributed by atoms with van der Waals surface area (Å²) in [5, 5.41) is 0. The van der Waals surface area contributed by atoms with Gasteiger partial charge in [-0.25, -0.2) is 0 Å². The summed E-state index contributed by atoms with van der Waals surface area (Å²) in [6.07, 6.45) is 2.88. The fourth-order valence-corrected chi connectivity index (χ4v) is 2.57. The van der Waals surface area contributed by atoms with Crippen LogP contribution in [0.3, 0.4) is 0 Å². The van der Waals surface area contributed by atoms with Crippen molar-refractivity contribution in [2.45, 2.75) is 18.6 Å². The molecule has 0 radical (unpaired) electrons. The maximum atomic E-state index is 5.64. The molecule has 1 heterocycles. The largest absolute Gasteiger partial charge is 0.494 e. The molecule has 2 atom stereocenters. The molecule has 1 aromatic rings. The van der Waals surface area contributed by atoms with E-state index in [1.165, 1.54) is 0 Å². The molecule has 0 fully saturated rings. The van der Waals surface area contributed by atoms with Crippen LogP contribution in [0.15, 0.2) is 23.3 Å². The number of methoxy groups -OCH3 is 4. The molecule has 0 N–H and O–H groups in total. The Morgan fingerprint density at radius 2 is 2.05 bits per heavy atom. The number of aromatic nitrogens is 1. The SMILES string of the molecule is C=CC(COC)(OC)C(OC)c1ncc(Br)c(C)c1OC. The highest BCUT2D eigenvalue weighted by molar-refractivity contribution is 9.10. The molecule has 0 aliphatic carbocycles. The van der Waals surface area contributed by atoms with Crippen LogP contribution in [0.25, 0.3) is 0 Å². The second-order valence-electron chi connectivity index (χ2n) is 4.56. The smallest absolute Gasteiger partial charge is 0.147 e. The zero-order chi connectivity index (χ0) is 16.0. The molecule has 21 heavy (non-hydrogen) atoms. The summed E-state index contributed by atoms with van der Waals surface area (Å²) in [5.74, 6) is 0.649. The summed E-state index contributed by atoms with van der Waals surface area (Å²) in [6.45, 7) is 6.08. The van der Waals surface area contributed by atoms with Crippen LogP contribution < -0.4 is 4.74 Å². The van der Waals surface area contributed by atoms with E-state index in [0.717, 1.165) is 10.0 Å². The molecule has 0 spiro atoms. The number of ether oxygens (including phenoxy) is 4. The Kier molecular flexibility index (Phi) is 6.80. The monoisotopic (exact) mass is 359 g/mol. The van der Waals surface area contributed by atoms with E-state index in [0.29, 0.717) is 11.4 Å². The van der Waals surface area contributed by atoms with Crippen LogP contribution in [-0.4, -0.2) is 45.6 Å². The maximum Gasteiger partial charge on any atom is 0.147 e. The van der Waals surface area contributed by atoms with E-state index in [2.05, 4.69) is 27.5 Å². The van der Waals surface area contributed by atoms with Crippen molar-refractivity contribution in [3.8, 4) is 5.75 Å². The minimum absolute atomic E-state index is 0.283. The van der Waals surface area contributed by atoms with Crippen LogP contribution in [0.1, 0.15) is 17.4 Å². The number of hydrogen-bond acceptors (Lipinski definition) is 5. The van der Waals surface area contributed by atoms with Crippen LogP contribution in [-0.2, 0) is 14.2 Å². The average Bonchev–Trinajstić information content (AvgIpc) is 2.50. The molecule has 0 bridgehead atoms. The number of halogens is 1. The Morgan fingerprint density at radius 3 is 2.48 bits per heavy atom. The van der Waals surface area contributed by atoms with Gasteiger partial charge in [-0.2, -0.15) is 0 Å². The Bertz CT molecular complexity index is 495. The predicted molar refractivity (Wildman–Crippen MR) is 84.8 cm³/mol. The first kappa shape index (κ1) is 18.1. The molecule has 2 unspecified atom stereocenters. The number of rotatable bonds is 8. The van der Waals surface area contributed by atoms with E-state index < -0.39 is 11.7 Å². The van der Waals surface area contributed by atoms with Crippen molar-refractivity contribution < 1.29 is 18.9 Å². The van der Waals surface area contributed by atoms with Crippen molar-refractivity contribution in [2.75, 3.05) is 35.0 Å². The molecular weight excluding hydrogens is 338 g/mol. The molecular formula is C15H22BrNO4. The highest BCUT2D eigenvalue weighted by Crippen LogP contribution is 2.39. The third kappa shape index (κ3) is 3.45. The van der Waals surface area contributed by atoms with Crippen LogP contribution in [0.2, 0.25) is 0 Å². The lowest BCUT2D eigenvalue weighted by molar-refractivity contribution is -0.122. The van der Waals surface area contributed by atoms with Gasteiger partial charge in [0.05, 0.1) is 13.7 Å². The van der Waals surface area contributed by atoms with Crippen molar-refractivity contribution in [1.29, 1.82) is 0 Å². The van der Waals surface area contributed by atoms with Gasteiger partial charge in [-0.1, -0.05) is 6.08 Å². The first-order valence-electron chi connectivity index (χ1n) is 6.40. The van der Waals surface area contributed by atoms with Crippen LogP contribution in [0.5, 0.6) is 5.75 Å². The van der Waals surface area contributed by atoms with E-state index in [1.54, 1.807) is 40.7 Å². The van der Waals surface area contributed by atoms with Gasteiger partial charge in [0.1, 0.15) is 23.1 Å². The first-order chi connectivity index (χ1) is 10.0. The Labute approximate surface area is 134 Å². The number of nitrogens with zero attached hydrogens (tertiary/aromatic N) is 1. The molecule has 1 aromatic heterocycles. The van der Waals surface area contributed by atoms with Crippen molar-refractivity contribution in [1.82, 2.24) is 4.98 Å². The summed E-state index contributed by atoms with van der Waals surface area (Å²) < 4.78 is 22.9. The summed E-state index contributed by atoms with van der Waals surface area (Å²) >= 11 is 3.45. The summed E-state index contributed by atoms with van der Waals surface area (Å²) in [5.41, 5.74) is 0.722. The molecule has 1 rings (SSSR count). The van der Waals surface area contributed by atoms with Gasteiger partial charge in [-0.3, -0.25) is 4.98 Å². The van der Waals surface area contributed by atoms with E-state index in [4.69, 9.17) is 18.9 Å². The van der Waals surface area contributed by atoms with Gasteiger partial charge in [0.15, 0.2) is 0 Å². The second kappa shape index (κ2) is 7.89. The number of pyridine rings is 1. The van der Waals surface area contributed by atoms with E-state index in [1.807, 2.05) is 6.92 Å². The quantitative estimate of drug-likeness (QED) is 0.667. The van der Waals surface area contributed by atoms with Crippen LogP contribution >= 0.6 is 15.9 Å². The van der Waals surface area contributed by atoms with Crippen molar-refractivity contribution in [3.63, 3.8) is 0 Å². The summed E-state index contributed by atoms with van der Waals surface area (Å²) in [4.78, 5) is 4.44. The van der Waals surface area contributed by atoms with Crippen molar-refractivity contribution in [2.24, 2.45) is 0 Å². The van der Waals surface area contributed by atoms with E-state index >= 15 is 0 Å². The number of hydrogen-bond donors (Lipinski definition) is 0. The third-order valence-corrected chi connectivity index (χ3v) is 4.28. The van der Waals surface area contributed by atoms with Gasteiger partial charge < -0.3 is 18.9 Å². The molecule has 118 valence electrons. The average molecular weight is 360 g/mol. The zero-order valence-corrected chi connectivity index (χ0v) is 14.7. The van der Waals surface area contributed by atoms with E-state index in [-0.39, 0.29) is 6.61 Å². The van der Waals surface area contributed by atoms with Gasteiger partial charge in [0.25, 0.3) is 0 Å². The third-order valence-electron chi connectivity index (χ3n) is 3.48.